The summed E-state index contributed by atoms with van der Waals surface area (Å²) in [5.41, 5.74) is 0.245. The molecule has 5 nitrogen and oxygen atoms in total. The van der Waals surface area contributed by atoms with Crippen LogP contribution in [-0.4, -0.2) is 16.0 Å². The lowest BCUT2D eigenvalue weighted by Gasteiger charge is -2.03. The molecule has 2 rings (SSSR count). The van der Waals surface area contributed by atoms with Gasteiger partial charge in [-0.3, -0.25) is 10.1 Å². The summed E-state index contributed by atoms with van der Waals surface area (Å²) < 4.78 is 4.76. The van der Waals surface area contributed by atoms with Crippen molar-refractivity contribution in [1.82, 2.24) is 10.1 Å². The number of aromatic nitrogens is 2. The number of anilines is 1. The zero-order valence-electron chi connectivity index (χ0n) is 8.70. The fourth-order valence-electron chi connectivity index (χ4n) is 1.18. The molecule has 0 saturated carbocycles. The molecule has 0 radical (unpaired) electrons. The first-order valence-corrected chi connectivity index (χ1v) is 5.38. The summed E-state index contributed by atoms with van der Waals surface area (Å²) >= 11 is 11.7. The minimum atomic E-state index is -0.457. The second kappa shape index (κ2) is 4.73. The predicted molar refractivity (Wildman–Crippen MR) is 63.5 cm³/mol. The largest absolute Gasteiger partial charge is 0.328 e. The lowest BCUT2D eigenvalue weighted by Crippen LogP contribution is -2.12. The number of hydrogen-bond acceptors (Lipinski definition) is 4. The molecule has 0 atom stereocenters. The van der Waals surface area contributed by atoms with Crippen LogP contribution >= 0.6 is 23.2 Å². The number of benzene rings is 1. The van der Waals surface area contributed by atoms with Crippen molar-refractivity contribution in [2.24, 2.45) is 0 Å². The van der Waals surface area contributed by atoms with Crippen molar-refractivity contribution in [3.8, 4) is 0 Å². The molecule has 0 aliphatic carbocycles. The van der Waals surface area contributed by atoms with Crippen molar-refractivity contribution in [2.45, 2.75) is 6.92 Å². The monoisotopic (exact) mass is 271 g/mol. The molecule has 0 fully saturated rings. The molecule has 1 N–H and O–H groups in total. The molecule has 1 aromatic carbocycles. The molecule has 88 valence electrons. The standard InChI is InChI=1S/C10H7Cl2N3O2/c1-5-13-10(17-15-5)14-9(16)7-4-6(11)2-3-8(7)12/h2-4H,1H3,(H,13,14,15,16). The lowest BCUT2D eigenvalue weighted by molar-refractivity contribution is 0.102. The van der Waals surface area contributed by atoms with E-state index in [1.807, 2.05) is 0 Å². The van der Waals surface area contributed by atoms with Gasteiger partial charge in [0.05, 0.1) is 10.6 Å². The second-order valence-electron chi connectivity index (χ2n) is 3.23. The van der Waals surface area contributed by atoms with E-state index < -0.39 is 5.91 Å². The minimum absolute atomic E-state index is 0.0172. The van der Waals surface area contributed by atoms with Crippen molar-refractivity contribution >= 4 is 35.1 Å². The maximum atomic E-state index is 11.8. The SMILES string of the molecule is Cc1noc(NC(=O)c2cc(Cl)ccc2Cl)n1. The van der Waals surface area contributed by atoms with Crippen molar-refractivity contribution in [2.75, 3.05) is 5.32 Å². The quantitative estimate of drug-likeness (QED) is 0.912. The van der Waals surface area contributed by atoms with E-state index in [1.165, 1.54) is 12.1 Å². The van der Waals surface area contributed by atoms with Crippen LogP contribution in [0.4, 0.5) is 6.01 Å². The number of halogens is 2. The van der Waals surface area contributed by atoms with Gasteiger partial charge in [-0.25, -0.2) is 0 Å². The van der Waals surface area contributed by atoms with E-state index in [4.69, 9.17) is 27.7 Å². The third-order valence-electron chi connectivity index (χ3n) is 1.92. The molecule has 1 heterocycles. The summed E-state index contributed by atoms with van der Waals surface area (Å²) in [5.74, 6) is -0.0290. The van der Waals surface area contributed by atoms with Gasteiger partial charge >= 0.3 is 6.01 Å². The van der Waals surface area contributed by atoms with E-state index in [2.05, 4.69) is 15.5 Å². The fraction of sp³-hybridized carbons (Fsp3) is 0.100. The molecular formula is C10H7Cl2N3O2. The number of amides is 1. The van der Waals surface area contributed by atoms with Gasteiger partial charge in [-0.05, 0) is 25.1 Å². The number of nitrogens with one attached hydrogen (secondary N) is 1. The molecule has 0 bridgehead atoms. The molecule has 0 aliphatic rings. The summed E-state index contributed by atoms with van der Waals surface area (Å²) in [5, 5.41) is 6.68. The number of nitrogens with zero attached hydrogens (tertiary/aromatic N) is 2. The Morgan fingerprint density at radius 1 is 1.41 bits per heavy atom. The summed E-state index contributed by atoms with van der Waals surface area (Å²) in [6.07, 6.45) is 0. The first-order chi connectivity index (χ1) is 8.06. The summed E-state index contributed by atoms with van der Waals surface area (Å²) in [7, 11) is 0. The van der Waals surface area contributed by atoms with Crippen molar-refractivity contribution in [1.29, 1.82) is 0 Å². The third-order valence-corrected chi connectivity index (χ3v) is 2.49. The Morgan fingerprint density at radius 2 is 2.18 bits per heavy atom. The van der Waals surface area contributed by atoms with E-state index in [1.54, 1.807) is 13.0 Å². The predicted octanol–water partition coefficient (Wildman–Crippen LogP) is 2.94. The summed E-state index contributed by atoms with van der Waals surface area (Å²) in [4.78, 5) is 15.7. The Bertz CT molecular complexity index is 568. The number of rotatable bonds is 2. The first-order valence-electron chi connectivity index (χ1n) is 4.63. The van der Waals surface area contributed by atoms with Gasteiger partial charge in [0.1, 0.15) is 0 Å². The zero-order valence-corrected chi connectivity index (χ0v) is 10.2. The molecule has 2 aromatic rings. The van der Waals surface area contributed by atoms with E-state index in [9.17, 15) is 4.79 Å². The number of carbonyl (C=O) groups is 1. The van der Waals surface area contributed by atoms with Crippen LogP contribution in [-0.2, 0) is 0 Å². The molecule has 1 amide bonds. The topological polar surface area (TPSA) is 68.0 Å². The summed E-state index contributed by atoms with van der Waals surface area (Å²) in [6, 6.07) is 4.61. The maximum Gasteiger partial charge on any atom is 0.328 e. The zero-order chi connectivity index (χ0) is 12.4. The Balaban J connectivity index is 2.22. The molecule has 1 aromatic heterocycles. The molecule has 0 spiro atoms. The van der Waals surface area contributed by atoms with Gasteiger partial charge < -0.3 is 4.52 Å². The molecule has 17 heavy (non-hydrogen) atoms. The third kappa shape index (κ3) is 2.75. The van der Waals surface area contributed by atoms with Gasteiger partial charge in [-0.1, -0.05) is 28.4 Å². The average Bonchev–Trinajstić information content (AvgIpc) is 2.67. The van der Waals surface area contributed by atoms with Crippen LogP contribution < -0.4 is 5.32 Å². The minimum Gasteiger partial charge on any atom is -0.315 e. The van der Waals surface area contributed by atoms with Crippen molar-refractivity contribution in [3.63, 3.8) is 0 Å². The highest BCUT2D eigenvalue weighted by Crippen LogP contribution is 2.21. The van der Waals surface area contributed by atoms with Crippen LogP contribution in [0.15, 0.2) is 22.7 Å². The highest BCUT2D eigenvalue weighted by molar-refractivity contribution is 6.36. The van der Waals surface area contributed by atoms with E-state index in [0.29, 0.717) is 15.9 Å². The van der Waals surface area contributed by atoms with Crippen LogP contribution in [0.2, 0.25) is 10.0 Å². The first kappa shape index (κ1) is 11.9. The van der Waals surface area contributed by atoms with Gasteiger partial charge in [-0.15, -0.1) is 0 Å². The normalized spacial score (nSPS) is 10.3. The van der Waals surface area contributed by atoms with Crippen molar-refractivity contribution < 1.29 is 9.32 Å². The van der Waals surface area contributed by atoms with E-state index in [0.717, 1.165) is 0 Å². The molecule has 0 unspecified atom stereocenters. The van der Waals surface area contributed by atoms with Crippen LogP contribution in [0.5, 0.6) is 0 Å². The van der Waals surface area contributed by atoms with E-state index in [-0.39, 0.29) is 11.6 Å². The average molecular weight is 272 g/mol. The van der Waals surface area contributed by atoms with Crippen LogP contribution in [0.3, 0.4) is 0 Å². The maximum absolute atomic E-state index is 11.8. The highest BCUT2D eigenvalue weighted by Gasteiger charge is 2.14. The van der Waals surface area contributed by atoms with E-state index >= 15 is 0 Å². The Hall–Kier alpha value is -1.59. The molecule has 0 saturated heterocycles. The Kier molecular flexibility index (Phi) is 3.31. The second-order valence-corrected chi connectivity index (χ2v) is 4.07. The lowest BCUT2D eigenvalue weighted by atomic mass is 10.2. The van der Waals surface area contributed by atoms with Gasteiger partial charge in [0.15, 0.2) is 5.82 Å². The number of carbonyl (C=O) groups excluding carboxylic acids is 1. The van der Waals surface area contributed by atoms with Crippen LogP contribution in [0.25, 0.3) is 0 Å². The van der Waals surface area contributed by atoms with Crippen molar-refractivity contribution in [3.05, 3.63) is 39.6 Å². The fourth-order valence-corrected chi connectivity index (χ4v) is 1.56. The van der Waals surface area contributed by atoms with Crippen LogP contribution in [0.1, 0.15) is 16.2 Å². The molecule has 7 heteroatoms. The smallest absolute Gasteiger partial charge is 0.315 e. The van der Waals surface area contributed by atoms with Gasteiger partial charge in [0.2, 0.25) is 0 Å². The Labute approximate surface area is 107 Å². The van der Waals surface area contributed by atoms with Gasteiger partial charge in [0.25, 0.3) is 5.91 Å². The Morgan fingerprint density at radius 3 is 2.82 bits per heavy atom. The number of aryl methyl sites for hydroxylation is 1. The number of hydrogen-bond donors (Lipinski definition) is 1. The molecular weight excluding hydrogens is 265 g/mol. The van der Waals surface area contributed by atoms with Crippen LogP contribution in [0, 0.1) is 6.92 Å². The summed E-state index contributed by atoms with van der Waals surface area (Å²) in [6.45, 7) is 1.64. The molecule has 0 aliphatic heterocycles. The highest BCUT2D eigenvalue weighted by atomic mass is 35.5. The van der Waals surface area contributed by atoms with Gasteiger partial charge in [-0.2, -0.15) is 4.98 Å². The van der Waals surface area contributed by atoms with Gasteiger partial charge in [0, 0.05) is 5.02 Å².